The average molecular weight is 249 g/mol. The van der Waals surface area contributed by atoms with Crippen molar-refractivity contribution in [2.24, 2.45) is 0 Å². The van der Waals surface area contributed by atoms with Gasteiger partial charge in [-0.25, -0.2) is 9.97 Å². The number of anilines is 2. The third-order valence-electron chi connectivity index (χ3n) is 3.03. The van der Waals surface area contributed by atoms with Gasteiger partial charge in [-0.15, -0.1) is 0 Å². The molecular formula is C12H19N5O. The fraction of sp³-hybridized carbons (Fsp3) is 0.583. The highest BCUT2D eigenvalue weighted by Gasteiger charge is 2.19. The molecule has 0 aromatic carbocycles. The van der Waals surface area contributed by atoms with E-state index >= 15 is 0 Å². The monoisotopic (exact) mass is 249 g/mol. The lowest BCUT2D eigenvalue weighted by Gasteiger charge is -2.23. The zero-order valence-corrected chi connectivity index (χ0v) is 11.1. The van der Waals surface area contributed by atoms with Gasteiger partial charge in [0.1, 0.15) is 17.5 Å². The number of carbonyl (C=O) groups excluding carboxylic acids is 1. The van der Waals surface area contributed by atoms with E-state index in [9.17, 15) is 4.79 Å². The first-order valence-electron chi connectivity index (χ1n) is 6.16. The number of hydrogen-bond donors (Lipinski definition) is 2. The quantitative estimate of drug-likeness (QED) is 0.797. The summed E-state index contributed by atoms with van der Waals surface area (Å²) in [6, 6.07) is 0. The SMILES string of the molecule is CNc1nc(C)nc(N2CCCNC(=O)C2)c1C. The van der Waals surface area contributed by atoms with Gasteiger partial charge in [-0.1, -0.05) is 0 Å². The molecule has 1 saturated heterocycles. The Balaban J connectivity index is 2.36. The standard InChI is InChI=1S/C12H19N5O/c1-8-11(13-3)15-9(2)16-12(8)17-6-4-5-14-10(18)7-17/h4-7H2,1-3H3,(H,14,18)(H,13,15,16). The molecule has 0 radical (unpaired) electrons. The van der Waals surface area contributed by atoms with E-state index in [-0.39, 0.29) is 5.91 Å². The number of nitrogens with zero attached hydrogens (tertiary/aromatic N) is 3. The smallest absolute Gasteiger partial charge is 0.239 e. The summed E-state index contributed by atoms with van der Waals surface area (Å²) in [5, 5.41) is 5.93. The molecule has 2 rings (SSSR count). The van der Waals surface area contributed by atoms with E-state index in [2.05, 4.69) is 20.6 Å². The minimum atomic E-state index is 0.0502. The first-order chi connectivity index (χ1) is 8.61. The molecule has 1 aliphatic heterocycles. The Morgan fingerprint density at radius 2 is 2.11 bits per heavy atom. The zero-order chi connectivity index (χ0) is 13.1. The summed E-state index contributed by atoms with van der Waals surface area (Å²) in [4.78, 5) is 22.4. The highest BCUT2D eigenvalue weighted by Crippen LogP contribution is 2.23. The van der Waals surface area contributed by atoms with Crippen LogP contribution in [-0.4, -0.2) is 42.6 Å². The molecule has 0 saturated carbocycles. The van der Waals surface area contributed by atoms with Crippen molar-refractivity contribution in [2.45, 2.75) is 20.3 Å². The molecule has 2 heterocycles. The van der Waals surface area contributed by atoms with Crippen LogP contribution in [0.2, 0.25) is 0 Å². The molecule has 0 atom stereocenters. The Kier molecular flexibility index (Phi) is 3.64. The highest BCUT2D eigenvalue weighted by molar-refractivity contribution is 5.82. The number of carbonyl (C=O) groups is 1. The van der Waals surface area contributed by atoms with Crippen LogP contribution in [0.3, 0.4) is 0 Å². The van der Waals surface area contributed by atoms with Crippen molar-refractivity contribution in [3.05, 3.63) is 11.4 Å². The largest absolute Gasteiger partial charge is 0.373 e. The molecule has 1 amide bonds. The van der Waals surface area contributed by atoms with Gasteiger partial charge in [-0.2, -0.15) is 0 Å². The Labute approximate surface area is 107 Å². The van der Waals surface area contributed by atoms with Crippen LogP contribution in [0.25, 0.3) is 0 Å². The predicted molar refractivity (Wildman–Crippen MR) is 70.9 cm³/mol. The van der Waals surface area contributed by atoms with Gasteiger partial charge in [0.2, 0.25) is 5.91 Å². The van der Waals surface area contributed by atoms with Crippen LogP contribution < -0.4 is 15.5 Å². The number of amides is 1. The Morgan fingerprint density at radius 3 is 2.83 bits per heavy atom. The van der Waals surface area contributed by atoms with E-state index in [4.69, 9.17) is 0 Å². The lowest BCUT2D eigenvalue weighted by atomic mass is 10.2. The maximum atomic E-state index is 11.6. The molecule has 1 aliphatic rings. The Morgan fingerprint density at radius 1 is 1.33 bits per heavy atom. The van der Waals surface area contributed by atoms with Crippen LogP contribution in [-0.2, 0) is 4.79 Å². The molecule has 0 aliphatic carbocycles. The van der Waals surface area contributed by atoms with E-state index in [1.165, 1.54) is 0 Å². The fourth-order valence-electron chi connectivity index (χ4n) is 2.15. The molecule has 0 unspecified atom stereocenters. The van der Waals surface area contributed by atoms with Crippen LogP contribution in [0.5, 0.6) is 0 Å². The first-order valence-corrected chi connectivity index (χ1v) is 6.16. The molecule has 1 fully saturated rings. The molecule has 0 bridgehead atoms. The van der Waals surface area contributed by atoms with Crippen molar-refractivity contribution in [3.63, 3.8) is 0 Å². The van der Waals surface area contributed by atoms with Gasteiger partial charge in [0.05, 0.1) is 6.54 Å². The predicted octanol–water partition coefficient (Wildman–Crippen LogP) is 0.461. The van der Waals surface area contributed by atoms with E-state index in [0.29, 0.717) is 12.4 Å². The summed E-state index contributed by atoms with van der Waals surface area (Å²) in [6.45, 7) is 5.77. The van der Waals surface area contributed by atoms with Crippen molar-refractivity contribution in [2.75, 3.05) is 36.9 Å². The van der Waals surface area contributed by atoms with Gasteiger partial charge in [-0.3, -0.25) is 4.79 Å². The molecule has 18 heavy (non-hydrogen) atoms. The zero-order valence-electron chi connectivity index (χ0n) is 11.1. The number of hydrogen-bond acceptors (Lipinski definition) is 5. The lowest BCUT2D eigenvalue weighted by molar-refractivity contribution is -0.119. The number of aromatic nitrogens is 2. The van der Waals surface area contributed by atoms with Gasteiger partial charge in [0, 0.05) is 25.7 Å². The number of rotatable bonds is 2. The van der Waals surface area contributed by atoms with E-state index in [1.54, 1.807) is 0 Å². The maximum Gasteiger partial charge on any atom is 0.239 e. The molecule has 98 valence electrons. The van der Waals surface area contributed by atoms with Crippen LogP contribution in [0.1, 0.15) is 17.8 Å². The van der Waals surface area contributed by atoms with Crippen LogP contribution in [0, 0.1) is 13.8 Å². The summed E-state index contributed by atoms with van der Waals surface area (Å²) in [5.41, 5.74) is 0.984. The molecule has 2 N–H and O–H groups in total. The summed E-state index contributed by atoms with van der Waals surface area (Å²) in [6.07, 6.45) is 0.934. The minimum Gasteiger partial charge on any atom is -0.373 e. The van der Waals surface area contributed by atoms with Gasteiger partial charge in [0.15, 0.2) is 0 Å². The minimum absolute atomic E-state index is 0.0502. The van der Waals surface area contributed by atoms with Crippen molar-refractivity contribution >= 4 is 17.5 Å². The number of nitrogens with one attached hydrogen (secondary N) is 2. The van der Waals surface area contributed by atoms with Crippen molar-refractivity contribution in [3.8, 4) is 0 Å². The van der Waals surface area contributed by atoms with Crippen LogP contribution in [0.15, 0.2) is 0 Å². The highest BCUT2D eigenvalue weighted by atomic mass is 16.2. The number of aryl methyl sites for hydroxylation is 1. The van der Waals surface area contributed by atoms with E-state index < -0.39 is 0 Å². The van der Waals surface area contributed by atoms with E-state index in [1.807, 2.05) is 25.8 Å². The third-order valence-corrected chi connectivity index (χ3v) is 3.03. The van der Waals surface area contributed by atoms with Gasteiger partial charge >= 0.3 is 0 Å². The summed E-state index contributed by atoms with van der Waals surface area (Å²) >= 11 is 0. The maximum absolute atomic E-state index is 11.6. The second kappa shape index (κ2) is 5.20. The average Bonchev–Trinajstić information content (AvgIpc) is 2.56. The first kappa shape index (κ1) is 12.6. The molecule has 6 heteroatoms. The second-order valence-corrected chi connectivity index (χ2v) is 4.44. The lowest BCUT2D eigenvalue weighted by Crippen LogP contribution is -2.34. The third kappa shape index (κ3) is 2.52. The molecule has 1 aromatic rings. The Hall–Kier alpha value is -1.85. The fourth-order valence-corrected chi connectivity index (χ4v) is 2.15. The van der Waals surface area contributed by atoms with Crippen molar-refractivity contribution < 1.29 is 4.79 Å². The van der Waals surface area contributed by atoms with Crippen molar-refractivity contribution in [1.29, 1.82) is 0 Å². The second-order valence-electron chi connectivity index (χ2n) is 4.44. The molecular weight excluding hydrogens is 230 g/mol. The van der Waals surface area contributed by atoms with Crippen LogP contribution in [0.4, 0.5) is 11.6 Å². The van der Waals surface area contributed by atoms with Gasteiger partial charge < -0.3 is 15.5 Å². The van der Waals surface area contributed by atoms with Gasteiger partial charge in [0.25, 0.3) is 0 Å². The van der Waals surface area contributed by atoms with Crippen LogP contribution >= 0.6 is 0 Å². The Bertz CT molecular complexity index is 460. The molecule has 0 spiro atoms. The van der Waals surface area contributed by atoms with Gasteiger partial charge in [-0.05, 0) is 20.3 Å². The summed E-state index contributed by atoms with van der Waals surface area (Å²) in [5.74, 6) is 2.44. The molecule has 6 nitrogen and oxygen atoms in total. The summed E-state index contributed by atoms with van der Waals surface area (Å²) < 4.78 is 0. The van der Waals surface area contributed by atoms with E-state index in [0.717, 1.165) is 36.7 Å². The summed E-state index contributed by atoms with van der Waals surface area (Å²) in [7, 11) is 1.84. The normalized spacial score (nSPS) is 16.2. The van der Waals surface area contributed by atoms with Crippen molar-refractivity contribution in [1.82, 2.24) is 15.3 Å². The topological polar surface area (TPSA) is 70.2 Å². The molecule has 1 aromatic heterocycles.